The van der Waals surface area contributed by atoms with Crippen LogP contribution in [0.4, 0.5) is 0 Å². The standard InChI is InChI=1S/C16H20BrNO/c1-3-7-18-16(10-13-6-8-19-11-13)14-4-5-15(17)12(2)9-14/h4-6,8-9,11,16,18H,3,7,10H2,1-2H3. The van der Waals surface area contributed by atoms with Crippen molar-refractivity contribution < 1.29 is 4.42 Å². The summed E-state index contributed by atoms with van der Waals surface area (Å²) >= 11 is 3.56. The Kier molecular flexibility index (Phi) is 5.23. The van der Waals surface area contributed by atoms with E-state index in [1.165, 1.54) is 16.7 Å². The van der Waals surface area contributed by atoms with Crippen LogP contribution in [0.5, 0.6) is 0 Å². The molecule has 3 heteroatoms. The molecule has 1 N–H and O–H groups in total. The van der Waals surface area contributed by atoms with Crippen LogP contribution in [0, 0.1) is 6.92 Å². The van der Waals surface area contributed by atoms with Crippen LogP contribution >= 0.6 is 15.9 Å². The highest BCUT2D eigenvalue weighted by Crippen LogP contribution is 2.24. The van der Waals surface area contributed by atoms with E-state index < -0.39 is 0 Å². The molecule has 0 spiro atoms. The molecule has 102 valence electrons. The summed E-state index contributed by atoms with van der Waals surface area (Å²) in [5.74, 6) is 0. The summed E-state index contributed by atoms with van der Waals surface area (Å²) in [7, 11) is 0. The molecule has 0 aliphatic heterocycles. The van der Waals surface area contributed by atoms with Crippen molar-refractivity contribution in [1.29, 1.82) is 0 Å². The van der Waals surface area contributed by atoms with Crippen LogP contribution in [0.25, 0.3) is 0 Å². The largest absolute Gasteiger partial charge is 0.472 e. The van der Waals surface area contributed by atoms with E-state index in [0.717, 1.165) is 23.9 Å². The first-order valence-electron chi connectivity index (χ1n) is 6.71. The summed E-state index contributed by atoms with van der Waals surface area (Å²) in [5.41, 5.74) is 3.83. The van der Waals surface area contributed by atoms with Crippen molar-refractivity contribution in [2.45, 2.75) is 32.7 Å². The summed E-state index contributed by atoms with van der Waals surface area (Å²) < 4.78 is 6.32. The summed E-state index contributed by atoms with van der Waals surface area (Å²) in [6.45, 7) is 5.34. The third-order valence-corrected chi connectivity index (χ3v) is 4.13. The Morgan fingerprint density at radius 2 is 2.16 bits per heavy atom. The second-order valence-corrected chi connectivity index (χ2v) is 5.71. The molecule has 2 nitrogen and oxygen atoms in total. The van der Waals surface area contributed by atoms with Gasteiger partial charge in [-0.3, -0.25) is 0 Å². The van der Waals surface area contributed by atoms with Gasteiger partial charge in [0.2, 0.25) is 0 Å². The molecule has 0 amide bonds. The van der Waals surface area contributed by atoms with E-state index in [2.05, 4.69) is 53.3 Å². The Bertz CT molecular complexity index is 507. The molecular formula is C16H20BrNO. The van der Waals surface area contributed by atoms with Gasteiger partial charge in [0.05, 0.1) is 12.5 Å². The molecule has 1 atom stereocenters. The quantitative estimate of drug-likeness (QED) is 0.838. The maximum Gasteiger partial charge on any atom is 0.0935 e. The van der Waals surface area contributed by atoms with Crippen molar-refractivity contribution in [1.82, 2.24) is 5.32 Å². The maximum atomic E-state index is 5.16. The average Bonchev–Trinajstić information content (AvgIpc) is 2.91. The maximum absolute atomic E-state index is 5.16. The van der Waals surface area contributed by atoms with E-state index in [4.69, 9.17) is 4.42 Å². The van der Waals surface area contributed by atoms with E-state index in [1.54, 1.807) is 6.26 Å². The van der Waals surface area contributed by atoms with Crippen molar-refractivity contribution in [3.8, 4) is 0 Å². The number of furan rings is 1. The molecule has 0 fully saturated rings. The Labute approximate surface area is 123 Å². The predicted octanol–water partition coefficient (Wildman–Crippen LogP) is 4.63. The molecule has 0 aliphatic rings. The highest BCUT2D eigenvalue weighted by atomic mass is 79.9. The Hall–Kier alpha value is -1.06. The fourth-order valence-corrected chi connectivity index (χ4v) is 2.40. The van der Waals surface area contributed by atoms with Crippen LogP contribution in [-0.2, 0) is 6.42 Å². The Morgan fingerprint density at radius 3 is 2.79 bits per heavy atom. The number of benzene rings is 1. The first-order valence-corrected chi connectivity index (χ1v) is 7.50. The van der Waals surface area contributed by atoms with Gasteiger partial charge in [-0.05, 0) is 55.1 Å². The molecule has 1 aromatic carbocycles. The zero-order valence-corrected chi connectivity index (χ0v) is 13.0. The van der Waals surface area contributed by atoms with Gasteiger partial charge in [0.25, 0.3) is 0 Å². The van der Waals surface area contributed by atoms with E-state index in [-0.39, 0.29) is 0 Å². The topological polar surface area (TPSA) is 25.2 Å². The van der Waals surface area contributed by atoms with Crippen molar-refractivity contribution in [3.05, 3.63) is 58.0 Å². The number of halogens is 1. The van der Waals surface area contributed by atoms with Gasteiger partial charge in [-0.1, -0.05) is 35.0 Å². The minimum Gasteiger partial charge on any atom is -0.472 e. The van der Waals surface area contributed by atoms with Gasteiger partial charge in [0.1, 0.15) is 0 Å². The van der Waals surface area contributed by atoms with Gasteiger partial charge < -0.3 is 9.73 Å². The van der Waals surface area contributed by atoms with Crippen molar-refractivity contribution in [3.63, 3.8) is 0 Å². The molecule has 1 heterocycles. The van der Waals surface area contributed by atoms with Crippen molar-refractivity contribution in [2.75, 3.05) is 6.54 Å². The number of nitrogens with one attached hydrogen (secondary N) is 1. The number of rotatable bonds is 6. The van der Waals surface area contributed by atoms with Gasteiger partial charge in [0, 0.05) is 10.5 Å². The van der Waals surface area contributed by atoms with Gasteiger partial charge in [0.15, 0.2) is 0 Å². The zero-order chi connectivity index (χ0) is 13.7. The first kappa shape index (κ1) is 14.4. The summed E-state index contributed by atoms with van der Waals surface area (Å²) in [5, 5.41) is 3.61. The van der Waals surface area contributed by atoms with Gasteiger partial charge in [-0.2, -0.15) is 0 Å². The van der Waals surface area contributed by atoms with Gasteiger partial charge >= 0.3 is 0 Å². The smallest absolute Gasteiger partial charge is 0.0935 e. The first-order chi connectivity index (χ1) is 9.20. The lowest BCUT2D eigenvalue weighted by Gasteiger charge is -2.19. The van der Waals surface area contributed by atoms with E-state index >= 15 is 0 Å². The zero-order valence-electron chi connectivity index (χ0n) is 11.4. The van der Waals surface area contributed by atoms with Gasteiger partial charge in [-0.25, -0.2) is 0 Å². The lowest BCUT2D eigenvalue weighted by molar-refractivity contribution is 0.520. The fraction of sp³-hybridized carbons (Fsp3) is 0.375. The molecule has 0 aliphatic carbocycles. The number of aryl methyl sites for hydroxylation is 1. The molecule has 19 heavy (non-hydrogen) atoms. The normalized spacial score (nSPS) is 12.6. The fourth-order valence-electron chi connectivity index (χ4n) is 2.16. The lowest BCUT2D eigenvalue weighted by Crippen LogP contribution is -2.24. The Morgan fingerprint density at radius 1 is 1.32 bits per heavy atom. The third-order valence-electron chi connectivity index (χ3n) is 3.25. The van der Waals surface area contributed by atoms with Gasteiger partial charge in [-0.15, -0.1) is 0 Å². The van der Waals surface area contributed by atoms with E-state index in [0.29, 0.717) is 6.04 Å². The highest BCUT2D eigenvalue weighted by molar-refractivity contribution is 9.10. The molecule has 1 unspecified atom stereocenters. The predicted molar refractivity (Wildman–Crippen MR) is 82.3 cm³/mol. The molecule has 1 aromatic heterocycles. The van der Waals surface area contributed by atoms with Crippen LogP contribution in [0.1, 0.15) is 36.1 Å². The van der Waals surface area contributed by atoms with Crippen molar-refractivity contribution >= 4 is 15.9 Å². The minimum absolute atomic E-state index is 0.337. The molecule has 0 bridgehead atoms. The van der Waals surface area contributed by atoms with Crippen molar-refractivity contribution in [2.24, 2.45) is 0 Å². The summed E-state index contributed by atoms with van der Waals surface area (Å²) in [6.07, 6.45) is 5.65. The number of hydrogen-bond acceptors (Lipinski definition) is 2. The number of hydrogen-bond donors (Lipinski definition) is 1. The molecule has 0 saturated heterocycles. The second kappa shape index (κ2) is 6.92. The van der Waals surface area contributed by atoms with Crippen LogP contribution < -0.4 is 5.32 Å². The molecule has 2 aromatic rings. The van der Waals surface area contributed by atoms with Crippen LogP contribution in [-0.4, -0.2) is 6.54 Å². The lowest BCUT2D eigenvalue weighted by atomic mass is 9.99. The van der Waals surface area contributed by atoms with E-state index in [1.807, 2.05) is 12.3 Å². The Balaban J connectivity index is 2.18. The second-order valence-electron chi connectivity index (χ2n) is 4.85. The van der Waals surface area contributed by atoms with Crippen LogP contribution in [0.2, 0.25) is 0 Å². The monoisotopic (exact) mass is 321 g/mol. The molecule has 2 rings (SSSR count). The minimum atomic E-state index is 0.337. The summed E-state index contributed by atoms with van der Waals surface area (Å²) in [6, 6.07) is 8.93. The average molecular weight is 322 g/mol. The van der Waals surface area contributed by atoms with E-state index in [9.17, 15) is 0 Å². The molecule has 0 radical (unpaired) electrons. The highest BCUT2D eigenvalue weighted by Gasteiger charge is 2.13. The van der Waals surface area contributed by atoms with Crippen LogP contribution in [0.15, 0.2) is 45.7 Å². The van der Waals surface area contributed by atoms with Crippen LogP contribution in [0.3, 0.4) is 0 Å². The SMILES string of the molecule is CCCNC(Cc1ccoc1)c1ccc(Br)c(C)c1. The molecule has 0 saturated carbocycles. The summed E-state index contributed by atoms with van der Waals surface area (Å²) in [4.78, 5) is 0. The third kappa shape index (κ3) is 3.95. The molecular weight excluding hydrogens is 302 g/mol.